The van der Waals surface area contributed by atoms with Gasteiger partial charge in [0.05, 0.1) is 16.7 Å². The zero-order valence-corrected chi connectivity index (χ0v) is 13.1. The van der Waals surface area contributed by atoms with Crippen molar-refractivity contribution in [3.8, 4) is 0 Å². The quantitative estimate of drug-likeness (QED) is 0.914. The van der Waals surface area contributed by atoms with E-state index in [1.807, 2.05) is 20.8 Å². The Morgan fingerprint density at radius 1 is 1.48 bits per heavy atom. The Labute approximate surface area is 124 Å². The van der Waals surface area contributed by atoms with E-state index in [9.17, 15) is 14.7 Å². The Kier molecular flexibility index (Phi) is 4.07. The normalized spacial score (nSPS) is 22.0. The highest BCUT2D eigenvalue weighted by molar-refractivity contribution is 5.96. The van der Waals surface area contributed by atoms with Gasteiger partial charge in [-0.15, -0.1) is 0 Å². The number of aryl methyl sites for hydroxylation is 2. The first-order valence-corrected chi connectivity index (χ1v) is 7.37. The maximum absolute atomic E-state index is 12.7. The molecule has 1 aliphatic rings. The molecule has 0 spiro atoms. The molecule has 0 radical (unpaired) electrons. The lowest BCUT2D eigenvalue weighted by Crippen LogP contribution is -2.40. The number of aromatic nitrogens is 2. The topological polar surface area (TPSA) is 75.4 Å². The second-order valence-corrected chi connectivity index (χ2v) is 6.11. The molecule has 1 amide bonds. The van der Waals surface area contributed by atoms with Crippen LogP contribution in [-0.4, -0.2) is 44.8 Å². The molecule has 1 N–H and O–H groups in total. The summed E-state index contributed by atoms with van der Waals surface area (Å²) in [6.07, 6.45) is 2.91. The van der Waals surface area contributed by atoms with Crippen molar-refractivity contribution in [2.45, 2.75) is 33.6 Å². The van der Waals surface area contributed by atoms with Crippen molar-refractivity contribution in [2.75, 3.05) is 13.1 Å². The highest BCUT2D eigenvalue weighted by atomic mass is 16.4. The van der Waals surface area contributed by atoms with Crippen LogP contribution in [-0.2, 0) is 18.3 Å². The van der Waals surface area contributed by atoms with Gasteiger partial charge in [-0.05, 0) is 18.8 Å². The fraction of sp³-hybridized carbons (Fsp3) is 0.667. The van der Waals surface area contributed by atoms with Crippen molar-refractivity contribution < 1.29 is 14.7 Å². The molecule has 1 aromatic heterocycles. The van der Waals surface area contributed by atoms with Crippen LogP contribution in [0, 0.1) is 11.3 Å². The van der Waals surface area contributed by atoms with Crippen LogP contribution in [0.2, 0.25) is 0 Å². The summed E-state index contributed by atoms with van der Waals surface area (Å²) >= 11 is 0. The van der Waals surface area contributed by atoms with Gasteiger partial charge in [-0.2, -0.15) is 5.10 Å². The third-order valence-corrected chi connectivity index (χ3v) is 4.59. The number of likely N-dealkylation sites (tertiary alicyclic amines) is 1. The Morgan fingerprint density at radius 3 is 2.62 bits per heavy atom. The van der Waals surface area contributed by atoms with Crippen molar-refractivity contribution in [3.63, 3.8) is 0 Å². The van der Waals surface area contributed by atoms with Crippen LogP contribution in [0.15, 0.2) is 6.20 Å². The highest BCUT2D eigenvalue weighted by Gasteiger charge is 2.48. The number of carbonyl (C=O) groups is 2. The molecule has 6 nitrogen and oxygen atoms in total. The maximum atomic E-state index is 12.7. The van der Waals surface area contributed by atoms with E-state index in [4.69, 9.17) is 0 Å². The molecule has 1 aromatic rings. The monoisotopic (exact) mass is 293 g/mol. The highest BCUT2D eigenvalue weighted by Crippen LogP contribution is 2.38. The fourth-order valence-corrected chi connectivity index (χ4v) is 3.04. The molecular weight excluding hydrogens is 270 g/mol. The van der Waals surface area contributed by atoms with E-state index in [0.29, 0.717) is 24.9 Å². The number of hydrogen-bond acceptors (Lipinski definition) is 3. The number of carbonyl (C=O) groups excluding carboxylic acids is 1. The predicted octanol–water partition coefficient (Wildman–Crippen LogP) is 1.56. The van der Waals surface area contributed by atoms with Gasteiger partial charge in [0.2, 0.25) is 0 Å². The molecule has 0 saturated carbocycles. The van der Waals surface area contributed by atoms with Crippen molar-refractivity contribution in [1.29, 1.82) is 0 Å². The van der Waals surface area contributed by atoms with Gasteiger partial charge in [-0.25, -0.2) is 0 Å². The molecule has 0 aliphatic carbocycles. The SMILES string of the molecule is CCc1nn(C)cc1C(=O)N1CCC(C(=O)O)(C(C)C)C1. The van der Waals surface area contributed by atoms with Gasteiger partial charge < -0.3 is 10.0 Å². The Bertz CT molecular complexity index is 565. The first-order valence-electron chi connectivity index (χ1n) is 7.37. The molecule has 1 unspecified atom stereocenters. The van der Waals surface area contributed by atoms with Crippen LogP contribution in [0.1, 0.15) is 43.2 Å². The van der Waals surface area contributed by atoms with Crippen LogP contribution in [0.25, 0.3) is 0 Å². The molecule has 0 bridgehead atoms. The van der Waals surface area contributed by atoms with E-state index in [1.165, 1.54) is 0 Å². The zero-order chi connectivity index (χ0) is 15.8. The number of nitrogens with zero attached hydrogens (tertiary/aromatic N) is 3. The minimum absolute atomic E-state index is 0.00709. The van der Waals surface area contributed by atoms with Crippen LogP contribution in [0.4, 0.5) is 0 Å². The van der Waals surface area contributed by atoms with E-state index in [2.05, 4.69) is 5.10 Å². The lowest BCUT2D eigenvalue weighted by Gasteiger charge is -2.28. The van der Waals surface area contributed by atoms with E-state index in [1.54, 1.807) is 22.8 Å². The van der Waals surface area contributed by atoms with Crippen LogP contribution < -0.4 is 0 Å². The predicted molar refractivity (Wildman–Crippen MR) is 78.0 cm³/mol. The summed E-state index contributed by atoms with van der Waals surface area (Å²) in [5.74, 6) is -0.925. The smallest absolute Gasteiger partial charge is 0.311 e. The summed E-state index contributed by atoms with van der Waals surface area (Å²) in [7, 11) is 1.79. The van der Waals surface area contributed by atoms with Gasteiger partial charge in [0.15, 0.2) is 0 Å². The Balaban J connectivity index is 2.24. The zero-order valence-electron chi connectivity index (χ0n) is 13.1. The van der Waals surface area contributed by atoms with Gasteiger partial charge in [0, 0.05) is 26.3 Å². The van der Waals surface area contributed by atoms with E-state index in [-0.39, 0.29) is 18.4 Å². The fourth-order valence-electron chi connectivity index (χ4n) is 3.04. The number of hydrogen-bond donors (Lipinski definition) is 1. The van der Waals surface area contributed by atoms with Crippen LogP contribution >= 0.6 is 0 Å². The first-order chi connectivity index (χ1) is 9.81. The Hall–Kier alpha value is -1.85. The largest absolute Gasteiger partial charge is 0.481 e. The van der Waals surface area contributed by atoms with E-state index < -0.39 is 11.4 Å². The summed E-state index contributed by atoms with van der Waals surface area (Å²) in [4.78, 5) is 26.0. The third kappa shape index (κ3) is 2.54. The van der Waals surface area contributed by atoms with Crippen molar-refractivity contribution in [1.82, 2.24) is 14.7 Å². The van der Waals surface area contributed by atoms with Crippen molar-refractivity contribution in [2.24, 2.45) is 18.4 Å². The lowest BCUT2D eigenvalue weighted by molar-refractivity contribution is -0.150. The van der Waals surface area contributed by atoms with Crippen molar-refractivity contribution >= 4 is 11.9 Å². The molecule has 1 atom stereocenters. The standard InChI is InChI=1S/C15H23N3O3/c1-5-12-11(8-17(4)16-12)13(19)18-7-6-15(9-18,10(2)3)14(20)21/h8,10H,5-7,9H2,1-4H3,(H,20,21). The summed E-state index contributed by atoms with van der Waals surface area (Å²) in [6.45, 7) is 6.53. The number of aliphatic carboxylic acids is 1. The average Bonchev–Trinajstić information content (AvgIpc) is 3.02. The first kappa shape index (κ1) is 15.5. The second kappa shape index (κ2) is 5.50. The minimum atomic E-state index is -0.829. The van der Waals surface area contributed by atoms with Gasteiger partial charge in [0.1, 0.15) is 0 Å². The summed E-state index contributed by atoms with van der Waals surface area (Å²) in [5.41, 5.74) is 0.523. The van der Waals surface area contributed by atoms with E-state index >= 15 is 0 Å². The van der Waals surface area contributed by atoms with Gasteiger partial charge >= 0.3 is 5.97 Å². The molecule has 2 heterocycles. The second-order valence-electron chi connectivity index (χ2n) is 6.11. The molecule has 2 rings (SSSR count). The molecule has 1 aliphatic heterocycles. The maximum Gasteiger partial charge on any atom is 0.311 e. The summed E-state index contributed by atoms with van der Waals surface area (Å²) in [5, 5.41) is 13.8. The number of carboxylic acids is 1. The third-order valence-electron chi connectivity index (χ3n) is 4.59. The number of rotatable bonds is 4. The molecule has 1 saturated heterocycles. The van der Waals surface area contributed by atoms with Gasteiger partial charge in [0.25, 0.3) is 5.91 Å². The van der Waals surface area contributed by atoms with Crippen LogP contribution in [0.3, 0.4) is 0 Å². The number of carboxylic acid groups (broad SMARTS) is 1. The molecular formula is C15H23N3O3. The Morgan fingerprint density at radius 2 is 2.14 bits per heavy atom. The van der Waals surface area contributed by atoms with Gasteiger partial charge in [-0.1, -0.05) is 20.8 Å². The molecule has 21 heavy (non-hydrogen) atoms. The average molecular weight is 293 g/mol. The van der Waals surface area contributed by atoms with Crippen LogP contribution in [0.5, 0.6) is 0 Å². The minimum Gasteiger partial charge on any atom is -0.481 e. The van der Waals surface area contributed by atoms with Gasteiger partial charge in [-0.3, -0.25) is 14.3 Å². The molecule has 6 heteroatoms. The summed E-state index contributed by atoms with van der Waals surface area (Å²) in [6, 6.07) is 0. The van der Waals surface area contributed by atoms with Crippen molar-refractivity contribution in [3.05, 3.63) is 17.5 Å². The molecule has 1 fully saturated rings. The molecule has 116 valence electrons. The summed E-state index contributed by atoms with van der Waals surface area (Å²) < 4.78 is 1.63. The van der Waals surface area contributed by atoms with E-state index in [0.717, 1.165) is 5.69 Å². The molecule has 0 aromatic carbocycles. The lowest BCUT2D eigenvalue weighted by atomic mass is 9.76. The number of amides is 1.